The van der Waals surface area contributed by atoms with Crippen molar-refractivity contribution in [1.29, 1.82) is 0 Å². The smallest absolute Gasteiger partial charge is 0.253 e. The SMILES string of the molecule is COc1ccc(C(=O)N2CCN(C(=O)CCNC(=O)c3cc(F)ccc3Br)CC2)cc1. The molecular weight excluding hydrogens is 469 g/mol. The number of piperazine rings is 1. The zero-order valence-electron chi connectivity index (χ0n) is 17.1. The van der Waals surface area contributed by atoms with Gasteiger partial charge in [-0.25, -0.2) is 4.39 Å². The summed E-state index contributed by atoms with van der Waals surface area (Å²) in [7, 11) is 1.57. The van der Waals surface area contributed by atoms with Crippen molar-refractivity contribution in [3.05, 3.63) is 63.9 Å². The Labute approximate surface area is 188 Å². The van der Waals surface area contributed by atoms with Crippen LogP contribution in [0, 0.1) is 5.82 Å². The molecule has 2 aromatic carbocycles. The van der Waals surface area contributed by atoms with E-state index in [1.807, 2.05) is 0 Å². The number of carbonyl (C=O) groups is 3. The minimum Gasteiger partial charge on any atom is -0.497 e. The first-order valence-electron chi connectivity index (χ1n) is 9.83. The lowest BCUT2D eigenvalue weighted by atomic mass is 10.1. The Morgan fingerprint density at radius 3 is 2.32 bits per heavy atom. The molecular formula is C22H23BrFN3O4. The number of hydrogen-bond donors (Lipinski definition) is 1. The van der Waals surface area contributed by atoms with E-state index in [0.29, 0.717) is 42.0 Å². The van der Waals surface area contributed by atoms with Crippen LogP contribution in [0.1, 0.15) is 27.1 Å². The molecule has 164 valence electrons. The van der Waals surface area contributed by atoms with Crippen molar-refractivity contribution in [2.45, 2.75) is 6.42 Å². The zero-order valence-corrected chi connectivity index (χ0v) is 18.7. The highest BCUT2D eigenvalue weighted by atomic mass is 79.9. The maximum absolute atomic E-state index is 13.3. The van der Waals surface area contributed by atoms with E-state index in [1.54, 1.807) is 41.2 Å². The van der Waals surface area contributed by atoms with Crippen LogP contribution in [-0.2, 0) is 4.79 Å². The lowest BCUT2D eigenvalue weighted by Gasteiger charge is -2.35. The van der Waals surface area contributed by atoms with Crippen LogP contribution in [0.15, 0.2) is 46.9 Å². The maximum atomic E-state index is 13.3. The molecule has 1 fully saturated rings. The number of hydrogen-bond acceptors (Lipinski definition) is 4. The number of rotatable bonds is 6. The summed E-state index contributed by atoms with van der Waals surface area (Å²) < 4.78 is 18.9. The summed E-state index contributed by atoms with van der Waals surface area (Å²) in [6.07, 6.45) is 0.130. The highest BCUT2D eigenvalue weighted by Crippen LogP contribution is 2.18. The molecule has 1 aliphatic heterocycles. The topological polar surface area (TPSA) is 79.0 Å². The molecule has 0 radical (unpaired) electrons. The number of benzene rings is 2. The van der Waals surface area contributed by atoms with Crippen LogP contribution in [0.25, 0.3) is 0 Å². The van der Waals surface area contributed by atoms with E-state index in [-0.39, 0.29) is 30.3 Å². The fourth-order valence-corrected chi connectivity index (χ4v) is 3.71. The Bertz CT molecular complexity index is 960. The van der Waals surface area contributed by atoms with Crippen molar-refractivity contribution in [2.75, 3.05) is 39.8 Å². The third kappa shape index (κ3) is 5.81. The second kappa shape index (κ2) is 10.4. The number of amides is 3. The van der Waals surface area contributed by atoms with Crippen LogP contribution in [0.5, 0.6) is 5.75 Å². The van der Waals surface area contributed by atoms with Crippen molar-refractivity contribution in [3.8, 4) is 5.75 Å². The van der Waals surface area contributed by atoms with E-state index in [4.69, 9.17) is 4.74 Å². The number of nitrogens with one attached hydrogen (secondary N) is 1. The van der Waals surface area contributed by atoms with Gasteiger partial charge in [0.05, 0.1) is 12.7 Å². The summed E-state index contributed by atoms with van der Waals surface area (Å²) in [6.45, 7) is 1.90. The molecule has 3 amide bonds. The van der Waals surface area contributed by atoms with Gasteiger partial charge in [0.15, 0.2) is 0 Å². The van der Waals surface area contributed by atoms with Gasteiger partial charge in [0, 0.05) is 49.2 Å². The van der Waals surface area contributed by atoms with E-state index in [2.05, 4.69) is 21.2 Å². The molecule has 7 nitrogen and oxygen atoms in total. The minimum absolute atomic E-state index is 0.0808. The molecule has 3 rings (SSSR count). The second-order valence-electron chi connectivity index (χ2n) is 7.03. The van der Waals surface area contributed by atoms with Gasteiger partial charge >= 0.3 is 0 Å². The highest BCUT2D eigenvalue weighted by molar-refractivity contribution is 9.10. The van der Waals surface area contributed by atoms with Crippen molar-refractivity contribution in [3.63, 3.8) is 0 Å². The molecule has 0 saturated carbocycles. The first-order chi connectivity index (χ1) is 14.9. The minimum atomic E-state index is -0.508. The molecule has 0 aromatic heterocycles. The number of nitrogens with zero attached hydrogens (tertiary/aromatic N) is 2. The molecule has 1 heterocycles. The van der Waals surface area contributed by atoms with E-state index >= 15 is 0 Å². The van der Waals surface area contributed by atoms with Gasteiger partial charge in [-0.3, -0.25) is 14.4 Å². The molecule has 9 heteroatoms. The summed E-state index contributed by atoms with van der Waals surface area (Å²) in [5.74, 6) is -0.456. The zero-order chi connectivity index (χ0) is 22.4. The fourth-order valence-electron chi connectivity index (χ4n) is 3.28. The first kappa shape index (κ1) is 22.7. The maximum Gasteiger partial charge on any atom is 0.253 e. The van der Waals surface area contributed by atoms with Gasteiger partial charge in [0.2, 0.25) is 5.91 Å². The largest absolute Gasteiger partial charge is 0.497 e. The Kier molecular flexibility index (Phi) is 7.62. The molecule has 0 spiro atoms. The summed E-state index contributed by atoms with van der Waals surface area (Å²) in [6, 6.07) is 10.8. The highest BCUT2D eigenvalue weighted by Gasteiger charge is 2.24. The van der Waals surface area contributed by atoms with Crippen LogP contribution in [0.2, 0.25) is 0 Å². The van der Waals surface area contributed by atoms with Crippen molar-refractivity contribution >= 4 is 33.7 Å². The Morgan fingerprint density at radius 2 is 1.68 bits per heavy atom. The van der Waals surface area contributed by atoms with E-state index in [0.717, 1.165) is 6.07 Å². The average Bonchev–Trinajstić information content (AvgIpc) is 2.80. The average molecular weight is 492 g/mol. The van der Waals surface area contributed by atoms with Gasteiger partial charge in [-0.2, -0.15) is 0 Å². The van der Waals surface area contributed by atoms with E-state index in [9.17, 15) is 18.8 Å². The van der Waals surface area contributed by atoms with Crippen molar-refractivity contribution in [2.24, 2.45) is 0 Å². The standard InChI is InChI=1S/C22H23BrFN3O4/c1-31-17-5-2-15(3-6-17)22(30)27-12-10-26(11-13-27)20(28)8-9-25-21(29)18-14-16(24)4-7-19(18)23/h2-7,14H,8-13H2,1H3,(H,25,29). The van der Waals surface area contributed by atoms with Crippen LogP contribution in [-0.4, -0.2) is 67.4 Å². The van der Waals surface area contributed by atoms with Gasteiger partial charge in [0.25, 0.3) is 11.8 Å². The van der Waals surface area contributed by atoms with Gasteiger partial charge in [-0.1, -0.05) is 0 Å². The van der Waals surface area contributed by atoms with Crippen LogP contribution in [0.3, 0.4) is 0 Å². The van der Waals surface area contributed by atoms with Gasteiger partial charge in [-0.05, 0) is 58.4 Å². The van der Waals surface area contributed by atoms with Crippen LogP contribution < -0.4 is 10.1 Å². The normalized spacial score (nSPS) is 13.6. The monoisotopic (exact) mass is 491 g/mol. The van der Waals surface area contributed by atoms with Crippen LogP contribution in [0.4, 0.5) is 4.39 Å². The molecule has 0 aliphatic carbocycles. The Hall–Kier alpha value is -2.94. The summed E-state index contributed by atoms with van der Waals surface area (Å²) in [5, 5.41) is 2.64. The van der Waals surface area contributed by atoms with Gasteiger partial charge in [-0.15, -0.1) is 0 Å². The molecule has 2 aromatic rings. The van der Waals surface area contributed by atoms with Crippen molar-refractivity contribution < 1.29 is 23.5 Å². The molecule has 31 heavy (non-hydrogen) atoms. The predicted molar refractivity (Wildman–Crippen MR) is 117 cm³/mol. The first-order valence-corrected chi connectivity index (χ1v) is 10.6. The number of halogens is 2. The number of methoxy groups -OCH3 is 1. The molecule has 1 aliphatic rings. The van der Waals surface area contributed by atoms with Gasteiger partial charge in [0.1, 0.15) is 11.6 Å². The van der Waals surface area contributed by atoms with E-state index < -0.39 is 11.7 Å². The van der Waals surface area contributed by atoms with Gasteiger partial charge < -0.3 is 19.9 Å². The predicted octanol–water partition coefficient (Wildman–Crippen LogP) is 2.70. The van der Waals surface area contributed by atoms with Crippen molar-refractivity contribution in [1.82, 2.24) is 15.1 Å². The summed E-state index contributed by atoms with van der Waals surface area (Å²) >= 11 is 3.21. The number of carbonyl (C=O) groups excluding carboxylic acids is 3. The van der Waals surface area contributed by atoms with E-state index in [1.165, 1.54) is 12.1 Å². The summed E-state index contributed by atoms with van der Waals surface area (Å²) in [4.78, 5) is 40.6. The lowest BCUT2D eigenvalue weighted by Crippen LogP contribution is -2.51. The fraction of sp³-hybridized carbons (Fsp3) is 0.318. The summed E-state index contributed by atoms with van der Waals surface area (Å²) in [5.41, 5.74) is 0.755. The molecule has 0 atom stereocenters. The quantitative estimate of drug-likeness (QED) is 0.673. The molecule has 1 N–H and O–H groups in total. The Balaban J connectivity index is 1.44. The molecule has 1 saturated heterocycles. The Morgan fingerprint density at radius 1 is 1.03 bits per heavy atom. The van der Waals surface area contributed by atoms with Crippen LogP contribution >= 0.6 is 15.9 Å². The second-order valence-corrected chi connectivity index (χ2v) is 7.89. The third-order valence-corrected chi connectivity index (χ3v) is 5.75. The molecule has 0 bridgehead atoms. The third-order valence-electron chi connectivity index (χ3n) is 5.05. The number of ether oxygens (including phenoxy) is 1. The molecule has 0 unspecified atom stereocenters. The lowest BCUT2D eigenvalue weighted by molar-refractivity contribution is -0.132.